The summed E-state index contributed by atoms with van der Waals surface area (Å²) < 4.78 is 0. The molecule has 0 fully saturated rings. The van der Waals surface area contributed by atoms with E-state index in [0.29, 0.717) is 17.5 Å². The monoisotopic (exact) mass is 410 g/mol. The average Bonchev–Trinajstić information content (AvgIpc) is 2.59. The Labute approximate surface area is 148 Å². The molecule has 0 atom stereocenters. The Morgan fingerprint density at radius 1 is 0.652 bits per heavy atom. The molecular formula is C21H21PPd. The molecule has 0 N–H and O–H groups in total. The Hall–Kier alpha value is -1.25. The Morgan fingerprint density at radius 2 is 1.13 bits per heavy atom. The fourth-order valence-electron chi connectivity index (χ4n) is 2.43. The summed E-state index contributed by atoms with van der Waals surface area (Å²) in [5.41, 5.74) is 4.30. The van der Waals surface area contributed by atoms with Crippen LogP contribution in [-0.4, -0.2) is 0 Å². The van der Waals surface area contributed by atoms with E-state index in [1.807, 2.05) is 0 Å². The van der Waals surface area contributed by atoms with E-state index >= 15 is 0 Å². The molecule has 0 saturated heterocycles. The van der Waals surface area contributed by atoms with Gasteiger partial charge in [0.2, 0.25) is 0 Å². The van der Waals surface area contributed by atoms with E-state index in [1.54, 1.807) is 10.6 Å². The zero-order valence-electron chi connectivity index (χ0n) is 13.5. The molecule has 3 aromatic rings. The second kappa shape index (κ2) is 8.03. The first-order valence-electron chi connectivity index (χ1n) is 7.73. The van der Waals surface area contributed by atoms with Crippen LogP contribution in [0.1, 0.15) is 16.7 Å². The molecule has 23 heavy (non-hydrogen) atoms. The summed E-state index contributed by atoms with van der Waals surface area (Å²) in [6.45, 7) is 4.50. The normalized spacial score (nSPS) is 11.1. The van der Waals surface area contributed by atoms with Crippen LogP contribution in [0.2, 0.25) is 0 Å². The van der Waals surface area contributed by atoms with Crippen molar-refractivity contribution in [3.8, 4) is 0 Å². The molecule has 0 aromatic heterocycles. The predicted molar refractivity (Wildman–Crippen MR) is 98.7 cm³/mol. The third-order valence-electron chi connectivity index (χ3n) is 3.75. The van der Waals surface area contributed by atoms with E-state index in [9.17, 15) is 0 Å². The number of benzene rings is 3. The standard InChI is InChI=1S/C14H14P.C7H7.Pd/c1-11-7-3-5-9-13(11)15-14-10-6-4-8-12(14)2;1-7-5-3-2-4-6-7;/h3-10H,1-2H3;2-6H,1H2;/q-1;;+1. The van der Waals surface area contributed by atoms with Gasteiger partial charge in [-0.2, -0.15) is 0 Å². The average molecular weight is 411 g/mol. The van der Waals surface area contributed by atoms with Crippen molar-refractivity contribution in [3.05, 3.63) is 95.6 Å². The van der Waals surface area contributed by atoms with Gasteiger partial charge in [0.05, 0.1) is 0 Å². The van der Waals surface area contributed by atoms with E-state index in [2.05, 4.69) is 92.7 Å². The molecule has 0 aliphatic carbocycles. The molecular weight excluding hydrogens is 390 g/mol. The topological polar surface area (TPSA) is 0 Å². The van der Waals surface area contributed by atoms with Gasteiger partial charge in [0.15, 0.2) is 0 Å². The molecule has 120 valence electrons. The SMILES string of the molecule is Cc1ccccc1[P]([Pd][CH2]c1ccccc1)c1ccccc1C. The fourth-order valence-corrected chi connectivity index (χ4v) is 10.1. The van der Waals surface area contributed by atoms with Crippen molar-refractivity contribution >= 4 is 16.7 Å². The van der Waals surface area contributed by atoms with Crippen molar-refractivity contribution in [3.63, 3.8) is 0 Å². The molecule has 0 aliphatic rings. The predicted octanol–water partition coefficient (Wildman–Crippen LogP) is 4.93. The Balaban J connectivity index is 1.94. The molecule has 0 amide bonds. The van der Waals surface area contributed by atoms with Gasteiger partial charge in [-0.05, 0) is 0 Å². The van der Waals surface area contributed by atoms with Crippen LogP contribution in [0.15, 0.2) is 78.9 Å². The molecule has 2 heteroatoms. The zero-order valence-corrected chi connectivity index (χ0v) is 15.9. The van der Waals surface area contributed by atoms with Gasteiger partial charge < -0.3 is 0 Å². The van der Waals surface area contributed by atoms with E-state index in [0.717, 1.165) is 0 Å². The first-order valence-corrected chi connectivity index (χ1v) is 12.1. The summed E-state index contributed by atoms with van der Waals surface area (Å²) in [5, 5.41) is 3.09. The molecule has 3 rings (SSSR count). The molecule has 0 heterocycles. The summed E-state index contributed by atoms with van der Waals surface area (Å²) in [7, 11) is 0. The van der Waals surface area contributed by atoms with Crippen molar-refractivity contribution in [2.75, 3.05) is 0 Å². The Morgan fingerprint density at radius 3 is 1.65 bits per heavy atom. The Bertz CT molecular complexity index is 722. The van der Waals surface area contributed by atoms with Gasteiger partial charge in [0, 0.05) is 0 Å². The summed E-state index contributed by atoms with van der Waals surface area (Å²) in [5.74, 6) is 0. The van der Waals surface area contributed by atoms with Gasteiger partial charge in [0.25, 0.3) is 0 Å². The maximum atomic E-state index is 2.33. The van der Waals surface area contributed by atoms with Crippen molar-refractivity contribution in [1.29, 1.82) is 0 Å². The molecule has 0 saturated carbocycles. The van der Waals surface area contributed by atoms with Gasteiger partial charge in [-0.3, -0.25) is 0 Å². The number of hydrogen-bond donors (Lipinski definition) is 0. The van der Waals surface area contributed by atoms with Crippen LogP contribution in [0.5, 0.6) is 0 Å². The number of aryl methyl sites for hydroxylation is 2. The van der Waals surface area contributed by atoms with Gasteiger partial charge in [0.1, 0.15) is 0 Å². The summed E-state index contributed by atoms with van der Waals surface area (Å²) in [6.07, 6.45) is -0.266. The number of hydrogen-bond acceptors (Lipinski definition) is 0. The summed E-state index contributed by atoms with van der Waals surface area (Å²) in [4.78, 5) is 1.18. The van der Waals surface area contributed by atoms with E-state index in [1.165, 1.54) is 21.6 Å². The van der Waals surface area contributed by atoms with E-state index in [4.69, 9.17) is 0 Å². The molecule has 3 aromatic carbocycles. The zero-order chi connectivity index (χ0) is 16.1. The molecule has 0 radical (unpaired) electrons. The van der Waals surface area contributed by atoms with Gasteiger partial charge >= 0.3 is 148 Å². The van der Waals surface area contributed by atoms with Crippen LogP contribution in [0.25, 0.3) is 0 Å². The van der Waals surface area contributed by atoms with Crippen LogP contribution < -0.4 is 10.6 Å². The third-order valence-corrected chi connectivity index (χ3v) is 10.9. The molecule has 0 aliphatic heterocycles. The quantitative estimate of drug-likeness (QED) is 0.413. The number of rotatable bonds is 5. The van der Waals surface area contributed by atoms with E-state index in [-0.39, 0.29) is 6.11 Å². The van der Waals surface area contributed by atoms with Gasteiger partial charge in [-0.25, -0.2) is 0 Å². The first kappa shape index (κ1) is 16.6. The maximum absolute atomic E-state index is 2.33. The van der Waals surface area contributed by atoms with Crippen LogP contribution in [0.3, 0.4) is 0 Å². The second-order valence-corrected chi connectivity index (χ2v) is 11.3. The first-order chi connectivity index (χ1) is 11.3. The minimum absolute atomic E-state index is 0.266. The molecule has 0 unspecified atom stereocenters. The van der Waals surface area contributed by atoms with Crippen molar-refractivity contribution in [1.82, 2.24) is 0 Å². The van der Waals surface area contributed by atoms with Crippen molar-refractivity contribution < 1.29 is 17.5 Å². The van der Waals surface area contributed by atoms with Gasteiger partial charge in [-0.1, -0.05) is 0 Å². The molecule has 0 nitrogen and oxygen atoms in total. The van der Waals surface area contributed by atoms with Crippen LogP contribution in [-0.2, 0) is 22.4 Å². The van der Waals surface area contributed by atoms with Crippen LogP contribution in [0, 0.1) is 13.8 Å². The van der Waals surface area contributed by atoms with Crippen molar-refractivity contribution in [2.45, 2.75) is 18.7 Å². The van der Waals surface area contributed by atoms with E-state index < -0.39 is 0 Å². The minimum atomic E-state index is -0.266. The van der Waals surface area contributed by atoms with Gasteiger partial charge in [-0.15, -0.1) is 0 Å². The van der Waals surface area contributed by atoms with Crippen molar-refractivity contribution in [2.24, 2.45) is 0 Å². The summed E-state index contributed by atoms with van der Waals surface area (Å²) >= 11 is 0.681. The molecule has 0 spiro atoms. The Kier molecular flexibility index (Phi) is 5.80. The third kappa shape index (κ3) is 4.19. The van der Waals surface area contributed by atoms with Crippen LogP contribution in [0.4, 0.5) is 0 Å². The fraction of sp³-hybridized carbons (Fsp3) is 0.143. The second-order valence-electron chi connectivity index (χ2n) is 5.52. The van der Waals surface area contributed by atoms with Crippen LogP contribution >= 0.6 is 6.11 Å². The summed E-state index contributed by atoms with van der Waals surface area (Å²) in [6, 6.07) is 28.7. The molecule has 0 bridgehead atoms.